The van der Waals surface area contributed by atoms with E-state index in [4.69, 9.17) is 4.74 Å². The fraction of sp³-hybridized carbons (Fsp3) is 0.421. The number of rotatable bonds is 7. The molecule has 2 heterocycles. The molecule has 0 amide bonds. The molecule has 1 atom stereocenters. The van der Waals surface area contributed by atoms with Crippen LogP contribution in [0.5, 0.6) is 0 Å². The van der Waals surface area contributed by atoms with Gasteiger partial charge in [0.1, 0.15) is 12.1 Å². The molecule has 6 nitrogen and oxygen atoms in total. The average Bonchev–Trinajstić information content (AvgIpc) is 3.06. The molecule has 0 radical (unpaired) electrons. The summed E-state index contributed by atoms with van der Waals surface area (Å²) in [5.41, 5.74) is 2.15. The molecule has 4 rings (SSSR count). The molecule has 1 aliphatic carbocycles. The molecule has 1 fully saturated rings. The van der Waals surface area contributed by atoms with Gasteiger partial charge in [-0.25, -0.2) is 4.98 Å². The Balaban J connectivity index is 1.66. The van der Waals surface area contributed by atoms with Crippen molar-refractivity contribution in [3.63, 3.8) is 0 Å². The zero-order valence-electron chi connectivity index (χ0n) is 14.4. The maximum Gasteiger partial charge on any atom is 0.254 e. The van der Waals surface area contributed by atoms with Crippen LogP contribution in [0.3, 0.4) is 0 Å². The predicted molar refractivity (Wildman–Crippen MR) is 96.3 cm³/mol. The Morgan fingerprint density at radius 3 is 2.84 bits per heavy atom. The Labute approximate surface area is 147 Å². The summed E-state index contributed by atoms with van der Waals surface area (Å²) < 4.78 is 7.00. The maximum absolute atomic E-state index is 5.24. The number of hydrogen-bond donors (Lipinski definition) is 1. The van der Waals surface area contributed by atoms with Gasteiger partial charge in [-0.2, -0.15) is 14.6 Å². The largest absolute Gasteiger partial charge is 0.378 e. The number of ether oxygens (including phenoxy) is 1. The average molecular weight is 337 g/mol. The topological polar surface area (TPSA) is 64.3 Å². The van der Waals surface area contributed by atoms with Crippen molar-refractivity contribution in [3.8, 4) is 0 Å². The lowest BCUT2D eigenvalue weighted by atomic mass is 9.79. The number of benzene rings is 1. The van der Waals surface area contributed by atoms with Gasteiger partial charge in [0.15, 0.2) is 0 Å². The lowest BCUT2D eigenvalue weighted by Gasteiger charge is -2.31. The van der Waals surface area contributed by atoms with Crippen molar-refractivity contribution >= 4 is 11.6 Å². The van der Waals surface area contributed by atoms with Gasteiger partial charge in [-0.15, -0.1) is 0 Å². The Morgan fingerprint density at radius 1 is 1.28 bits per heavy atom. The molecule has 3 aromatic rings. The Bertz CT molecular complexity index is 828. The Kier molecular flexibility index (Phi) is 4.61. The van der Waals surface area contributed by atoms with Gasteiger partial charge in [0.2, 0.25) is 0 Å². The third-order valence-electron chi connectivity index (χ3n) is 4.91. The molecule has 1 aliphatic rings. The van der Waals surface area contributed by atoms with Crippen LogP contribution in [0.25, 0.3) is 5.78 Å². The molecule has 0 spiro atoms. The highest BCUT2D eigenvalue weighted by molar-refractivity contribution is 5.46. The van der Waals surface area contributed by atoms with E-state index < -0.39 is 0 Å². The van der Waals surface area contributed by atoms with Gasteiger partial charge in [0, 0.05) is 13.2 Å². The van der Waals surface area contributed by atoms with E-state index in [9.17, 15) is 0 Å². The van der Waals surface area contributed by atoms with E-state index in [0.717, 1.165) is 23.9 Å². The Morgan fingerprint density at radius 2 is 2.12 bits per heavy atom. The zero-order chi connectivity index (χ0) is 17.1. The molecule has 1 N–H and O–H groups in total. The highest BCUT2D eigenvalue weighted by Crippen LogP contribution is 2.36. The first-order valence-electron chi connectivity index (χ1n) is 8.83. The number of hydrogen-bond acceptors (Lipinski definition) is 5. The number of nitrogens with zero attached hydrogens (tertiary/aromatic N) is 4. The Hall–Kier alpha value is -2.47. The SMILES string of the molecule is COCc1cc(NC(CC2CCC2)c2ccccc2)n2ncnc2n1. The second kappa shape index (κ2) is 7.19. The van der Waals surface area contributed by atoms with Crippen molar-refractivity contribution in [1.82, 2.24) is 19.6 Å². The summed E-state index contributed by atoms with van der Waals surface area (Å²) in [4.78, 5) is 8.71. The molecule has 2 aromatic heterocycles. The van der Waals surface area contributed by atoms with Crippen molar-refractivity contribution in [2.75, 3.05) is 12.4 Å². The van der Waals surface area contributed by atoms with Crippen LogP contribution in [0.2, 0.25) is 0 Å². The smallest absolute Gasteiger partial charge is 0.254 e. The van der Waals surface area contributed by atoms with Crippen molar-refractivity contribution in [3.05, 3.63) is 54.0 Å². The maximum atomic E-state index is 5.24. The lowest BCUT2D eigenvalue weighted by Crippen LogP contribution is -2.21. The van der Waals surface area contributed by atoms with Gasteiger partial charge in [-0.1, -0.05) is 49.6 Å². The van der Waals surface area contributed by atoms with Gasteiger partial charge in [-0.05, 0) is 17.9 Å². The van der Waals surface area contributed by atoms with Crippen LogP contribution in [0.15, 0.2) is 42.7 Å². The van der Waals surface area contributed by atoms with Gasteiger partial charge in [-0.3, -0.25) is 0 Å². The number of fused-ring (bicyclic) bond motifs is 1. The third kappa shape index (κ3) is 3.49. The minimum Gasteiger partial charge on any atom is -0.378 e. The van der Waals surface area contributed by atoms with Crippen molar-refractivity contribution in [2.45, 2.75) is 38.3 Å². The highest BCUT2D eigenvalue weighted by Gasteiger charge is 2.24. The number of anilines is 1. The fourth-order valence-corrected chi connectivity index (χ4v) is 3.39. The van der Waals surface area contributed by atoms with E-state index >= 15 is 0 Å². The van der Waals surface area contributed by atoms with Crippen LogP contribution in [-0.2, 0) is 11.3 Å². The van der Waals surface area contributed by atoms with E-state index in [1.165, 1.54) is 31.2 Å². The van der Waals surface area contributed by atoms with Crippen molar-refractivity contribution in [1.29, 1.82) is 0 Å². The number of methoxy groups -OCH3 is 1. The molecule has 6 heteroatoms. The van der Waals surface area contributed by atoms with Crippen molar-refractivity contribution in [2.24, 2.45) is 5.92 Å². The standard InChI is InChI=1S/C19H23N5O/c1-25-12-16-11-18(24-19(22-16)20-13-21-24)23-17(10-14-6-5-7-14)15-8-3-2-4-9-15/h2-4,8-9,11,13-14,17,23H,5-7,10,12H2,1H3. The summed E-state index contributed by atoms with van der Waals surface area (Å²) in [6.45, 7) is 0.455. The second-order valence-electron chi connectivity index (χ2n) is 6.68. The second-order valence-corrected chi connectivity index (χ2v) is 6.68. The molecule has 0 saturated heterocycles. The van der Waals surface area contributed by atoms with E-state index in [1.54, 1.807) is 11.6 Å². The first-order valence-corrected chi connectivity index (χ1v) is 8.83. The molecule has 1 unspecified atom stereocenters. The molecule has 25 heavy (non-hydrogen) atoms. The van der Waals surface area contributed by atoms with Crippen LogP contribution in [-0.4, -0.2) is 26.7 Å². The molecule has 1 aromatic carbocycles. The van der Waals surface area contributed by atoms with E-state index in [1.807, 2.05) is 6.07 Å². The summed E-state index contributed by atoms with van der Waals surface area (Å²) in [6, 6.07) is 12.9. The van der Waals surface area contributed by atoms with E-state index in [-0.39, 0.29) is 6.04 Å². The number of nitrogens with one attached hydrogen (secondary N) is 1. The summed E-state index contributed by atoms with van der Waals surface area (Å²) in [5.74, 6) is 2.29. The third-order valence-corrected chi connectivity index (χ3v) is 4.91. The van der Waals surface area contributed by atoms with Crippen LogP contribution in [0.4, 0.5) is 5.82 Å². The number of aromatic nitrogens is 4. The summed E-state index contributed by atoms with van der Waals surface area (Å²) >= 11 is 0. The highest BCUT2D eigenvalue weighted by atomic mass is 16.5. The van der Waals surface area contributed by atoms with Crippen LogP contribution in [0.1, 0.15) is 43.0 Å². The summed E-state index contributed by atoms with van der Waals surface area (Å²) in [7, 11) is 1.67. The predicted octanol–water partition coefficient (Wildman–Crippen LogP) is 3.61. The molecular weight excluding hydrogens is 314 g/mol. The zero-order valence-corrected chi connectivity index (χ0v) is 14.4. The van der Waals surface area contributed by atoms with Gasteiger partial charge >= 0.3 is 0 Å². The molecular formula is C19H23N5O. The molecule has 0 bridgehead atoms. The monoisotopic (exact) mass is 337 g/mol. The summed E-state index contributed by atoms with van der Waals surface area (Å²) in [6.07, 6.45) is 6.67. The van der Waals surface area contributed by atoms with Gasteiger partial charge < -0.3 is 10.1 Å². The molecule has 130 valence electrons. The normalized spacial score (nSPS) is 15.9. The lowest BCUT2D eigenvalue weighted by molar-refractivity contribution is 0.181. The first-order chi connectivity index (χ1) is 12.3. The van der Waals surface area contributed by atoms with Crippen LogP contribution in [0, 0.1) is 5.92 Å². The van der Waals surface area contributed by atoms with Crippen LogP contribution < -0.4 is 5.32 Å². The molecule has 0 aliphatic heterocycles. The van der Waals surface area contributed by atoms with Crippen LogP contribution >= 0.6 is 0 Å². The van der Waals surface area contributed by atoms with E-state index in [2.05, 4.69) is 50.7 Å². The molecule has 1 saturated carbocycles. The van der Waals surface area contributed by atoms with Crippen molar-refractivity contribution < 1.29 is 4.74 Å². The fourth-order valence-electron chi connectivity index (χ4n) is 3.39. The minimum atomic E-state index is 0.247. The minimum absolute atomic E-state index is 0.247. The van der Waals surface area contributed by atoms with Gasteiger partial charge in [0.25, 0.3) is 5.78 Å². The van der Waals surface area contributed by atoms with Gasteiger partial charge in [0.05, 0.1) is 18.3 Å². The quantitative estimate of drug-likeness (QED) is 0.713. The first kappa shape index (κ1) is 16.0. The van der Waals surface area contributed by atoms with E-state index in [0.29, 0.717) is 12.4 Å². The summed E-state index contributed by atoms with van der Waals surface area (Å²) in [5, 5.41) is 8.01.